The lowest BCUT2D eigenvalue weighted by Gasteiger charge is -2.18. The topological polar surface area (TPSA) is 38.3 Å². The normalized spacial score (nSPS) is 12.0. The predicted octanol–water partition coefficient (Wildman–Crippen LogP) is 3.87. The molecule has 0 saturated heterocycles. The lowest BCUT2D eigenvalue weighted by atomic mass is 9.99. The maximum absolute atomic E-state index is 13.3. The number of ether oxygens (including phenoxy) is 1. The van der Waals surface area contributed by atoms with Gasteiger partial charge in [-0.25, -0.2) is 4.39 Å². The minimum atomic E-state index is -0.388. The van der Waals surface area contributed by atoms with Gasteiger partial charge < -0.3 is 10.1 Å². The van der Waals surface area contributed by atoms with Crippen molar-refractivity contribution in [3.63, 3.8) is 0 Å². The Morgan fingerprint density at radius 1 is 1.17 bits per heavy atom. The predicted molar refractivity (Wildman–Crippen MR) is 89.1 cm³/mol. The van der Waals surface area contributed by atoms with Crippen molar-refractivity contribution >= 4 is 5.91 Å². The van der Waals surface area contributed by atoms with Crippen LogP contribution < -0.4 is 5.32 Å². The van der Waals surface area contributed by atoms with Gasteiger partial charge in [-0.3, -0.25) is 4.79 Å². The molecule has 0 bridgehead atoms. The van der Waals surface area contributed by atoms with E-state index in [-0.39, 0.29) is 24.4 Å². The smallest absolute Gasteiger partial charge is 0.251 e. The molecule has 0 aliphatic heterocycles. The number of methoxy groups -OCH3 is 1. The van der Waals surface area contributed by atoms with Gasteiger partial charge in [-0.2, -0.15) is 0 Å². The van der Waals surface area contributed by atoms with Crippen LogP contribution in [0.5, 0.6) is 0 Å². The highest BCUT2D eigenvalue weighted by Crippen LogP contribution is 2.19. The van der Waals surface area contributed by atoms with Crippen LogP contribution >= 0.6 is 0 Å². The zero-order valence-electron chi connectivity index (χ0n) is 13.9. The van der Waals surface area contributed by atoms with E-state index in [1.165, 1.54) is 12.1 Å². The minimum Gasteiger partial charge on any atom is -0.375 e. The molecule has 0 spiro atoms. The second kappa shape index (κ2) is 7.38. The van der Waals surface area contributed by atoms with Crippen molar-refractivity contribution in [1.29, 1.82) is 0 Å². The SMILES string of the molecule is COC(CNC(=O)c1c(C)cc(C)cc1C)c1cccc(F)c1. The van der Waals surface area contributed by atoms with Gasteiger partial charge in [-0.05, 0) is 49.6 Å². The third-order valence-electron chi connectivity index (χ3n) is 3.86. The standard InChI is InChI=1S/C19H22FNO2/c1-12-8-13(2)18(14(3)9-12)19(22)21-11-17(23-4)15-6-5-7-16(20)10-15/h5-10,17H,11H2,1-4H3,(H,21,22). The molecule has 2 aromatic carbocycles. The van der Waals surface area contributed by atoms with Crippen molar-refractivity contribution in [3.05, 3.63) is 70.0 Å². The molecule has 0 saturated carbocycles. The molecule has 3 nitrogen and oxygen atoms in total. The maximum atomic E-state index is 13.3. The van der Waals surface area contributed by atoms with E-state index in [9.17, 15) is 9.18 Å². The molecule has 122 valence electrons. The maximum Gasteiger partial charge on any atom is 0.251 e. The molecule has 0 aliphatic rings. The van der Waals surface area contributed by atoms with Crippen LogP contribution in [0.4, 0.5) is 4.39 Å². The van der Waals surface area contributed by atoms with Crippen LogP contribution in [0.3, 0.4) is 0 Å². The number of hydrogen-bond acceptors (Lipinski definition) is 2. The molecule has 0 fully saturated rings. The number of benzene rings is 2. The molecule has 1 atom stereocenters. The van der Waals surface area contributed by atoms with E-state index in [0.29, 0.717) is 11.1 Å². The van der Waals surface area contributed by atoms with Crippen molar-refractivity contribution in [3.8, 4) is 0 Å². The van der Waals surface area contributed by atoms with E-state index in [4.69, 9.17) is 4.74 Å². The Balaban J connectivity index is 2.12. The Morgan fingerprint density at radius 2 is 1.83 bits per heavy atom. The number of halogens is 1. The van der Waals surface area contributed by atoms with E-state index in [2.05, 4.69) is 5.32 Å². The van der Waals surface area contributed by atoms with Crippen LogP contribution in [-0.4, -0.2) is 19.6 Å². The van der Waals surface area contributed by atoms with Crippen LogP contribution in [0.2, 0.25) is 0 Å². The molecule has 1 N–H and O–H groups in total. The average molecular weight is 315 g/mol. The Morgan fingerprint density at radius 3 is 2.39 bits per heavy atom. The molecule has 0 heterocycles. The van der Waals surface area contributed by atoms with E-state index >= 15 is 0 Å². The minimum absolute atomic E-state index is 0.140. The molecule has 1 amide bonds. The number of carbonyl (C=O) groups is 1. The fourth-order valence-corrected chi connectivity index (χ4v) is 2.86. The van der Waals surface area contributed by atoms with Gasteiger partial charge >= 0.3 is 0 Å². The Labute approximate surface area is 136 Å². The van der Waals surface area contributed by atoms with Gasteiger partial charge in [0.25, 0.3) is 5.91 Å². The number of amides is 1. The van der Waals surface area contributed by atoms with Crippen LogP contribution in [0.25, 0.3) is 0 Å². The zero-order chi connectivity index (χ0) is 17.0. The number of rotatable bonds is 5. The van der Waals surface area contributed by atoms with Gasteiger partial charge in [0.05, 0.1) is 6.10 Å². The largest absolute Gasteiger partial charge is 0.375 e. The Bertz CT molecular complexity index is 689. The van der Waals surface area contributed by atoms with Crippen molar-refractivity contribution in [2.75, 3.05) is 13.7 Å². The second-order valence-electron chi connectivity index (χ2n) is 5.76. The Hall–Kier alpha value is -2.20. The highest BCUT2D eigenvalue weighted by molar-refractivity contribution is 5.97. The molecule has 4 heteroatoms. The van der Waals surface area contributed by atoms with Crippen LogP contribution in [0, 0.1) is 26.6 Å². The summed E-state index contributed by atoms with van der Waals surface area (Å²) in [5.41, 5.74) is 4.40. The van der Waals surface area contributed by atoms with Gasteiger partial charge in [0.1, 0.15) is 5.82 Å². The van der Waals surface area contributed by atoms with Crippen molar-refractivity contribution in [1.82, 2.24) is 5.32 Å². The first-order valence-electron chi connectivity index (χ1n) is 7.56. The summed E-state index contributed by atoms with van der Waals surface area (Å²) in [6.45, 7) is 6.14. The number of nitrogens with one attached hydrogen (secondary N) is 1. The van der Waals surface area contributed by atoms with Gasteiger partial charge in [0.2, 0.25) is 0 Å². The molecular weight excluding hydrogens is 293 g/mol. The fourth-order valence-electron chi connectivity index (χ4n) is 2.86. The summed E-state index contributed by atoms with van der Waals surface area (Å²) in [7, 11) is 1.55. The summed E-state index contributed by atoms with van der Waals surface area (Å²) in [6.07, 6.45) is -0.388. The van der Waals surface area contributed by atoms with Crippen molar-refractivity contribution < 1.29 is 13.9 Å². The average Bonchev–Trinajstić information content (AvgIpc) is 2.47. The van der Waals surface area contributed by atoms with Crippen LogP contribution in [0.15, 0.2) is 36.4 Å². The van der Waals surface area contributed by atoms with Crippen LogP contribution in [-0.2, 0) is 4.74 Å². The quantitative estimate of drug-likeness (QED) is 0.909. The third-order valence-corrected chi connectivity index (χ3v) is 3.86. The third kappa shape index (κ3) is 4.17. The van der Waals surface area contributed by atoms with Gasteiger partial charge in [-0.15, -0.1) is 0 Å². The molecule has 2 rings (SSSR count). The first kappa shape index (κ1) is 17.2. The fraction of sp³-hybridized carbons (Fsp3) is 0.316. The number of aryl methyl sites for hydroxylation is 3. The Kier molecular flexibility index (Phi) is 5.50. The van der Waals surface area contributed by atoms with Gasteiger partial charge in [0.15, 0.2) is 0 Å². The first-order valence-corrected chi connectivity index (χ1v) is 7.56. The van der Waals surface area contributed by atoms with E-state index < -0.39 is 0 Å². The van der Waals surface area contributed by atoms with Gasteiger partial charge in [-0.1, -0.05) is 29.8 Å². The molecule has 0 radical (unpaired) electrons. The summed E-state index contributed by atoms with van der Waals surface area (Å²) >= 11 is 0. The summed E-state index contributed by atoms with van der Waals surface area (Å²) in [5.74, 6) is -0.459. The number of hydrogen-bond donors (Lipinski definition) is 1. The molecule has 0 aromatic heterocycles. The van der Waals surface area contributed by atoms with Crippen LogP contribution in [0.1, 0.15) is 38.7 Å². The molecule has 0 aliphatic carbocycles. The number of carbonyl (C=O) groups excluding carboxylic acids is 1. The second-order valence-corrected chi connectivity index (χ2v) is 5.76. The summed E-state index contributed by atoms with van der Waals surface area (Å²) in [5, 5.41) is 2.88. The summed E-state index contributed by atoms with van der Waals surface area (Å²) in [6, 6.07) is 10.2. The molecule has 2 aromatic rings. The monoisotopic (exact) mass is 315 g/mol. The lowest BCUT2D eigenvalue weighted by Crippen LogP contribution is -2.30. The van der Waals surface area contributed by atoms with E-state index in [1.807, 2.05) is 32.9 Å². The lowest BCUT2D eigenvalue weighted by molar-refractivity contribution is 0.0826. The van der Waals surface area contributed by atoms with E-state index in [1.54, 1.807) is 19.2 Å². The molecular formula is C19H22FNO2. The van der Waals surface area contributed by atoms with Crippen molar-refractivity contribution in [2.24, 2.45) is 0 Å². The molecule has 1 unspecified atom stereocenters. The van der Waals surface area contributed by atoms with Gasteiger partial charge in [0, 0.05) is 19.2 Å². The van der Waals surface area contributed by atoms with Crippen molar-refractivity contribution in [2.45, 2.75) is 26.9 Å². The zero-order valence-corrected chi connectivity index (χ0v) is 13.9. The highest BCUT2D eigenvalue weighted by atomic mass is 19.1. The molecule has 23 heavy (non-hydrogen) atoms. The highest BCUT2D eigenvalue weighted by Gasteiger charge is 2.16. The van der Waals surface area contributed by atoms with E-state index in [0.717, 1.165) is 16.7 Å². The first-order chi connectivity index (χ1) is 10.9. The summed E-state index contributed by atoms with van der Waals surface area (Å²) < 4.78 is 18.7. The summed E-state index contributed by atoms with van der Waals surface area (Å²) in [4.78, 5) is 12.5.